The van der Waals surface area contributed by atoms with Gasteiger partial charge in [-0.15, -0.1) is 0 Å². The summed E-state index contributed by atoms with van der Waals surface area (Å²) in [5, 5.41) is 3.16. The van der Waals surface area contributed by atoms with Crippen LogP contribution >= 0.6 is 10.0 Å². The van der Waals surface area contributed by atoms with Crippen LogP contribution in [0.5, 0.6) is 0 Å². The van der Waals surface area contributed by atoms with E-state index < -0.39 is 16.0 Å². The van der Waals surface area contributed by atoms with Crippen LogP contribution in [0.4, 0.5) is 5.69 Å². The molecule has 0 aliphatic rings. The first kappa shape index (κ1) is 13.5. The zero-order valence-electron chi connectivity index (χ0n) is 10.5. The lowest BCUT2D eigenvalue weighted by Gasteiger charge is -2.15. The summed E-state index contributed by atoms with van der Waals surface area (Å²) in [5.41, 5.74) is 7.32. The van der Waals surface area contributed by atoms with Gasteiger partial charge in [0, 0.05) is 5.56 Å². The Bertz CT molecular complexity index is 492. The van der Waals surface area contributed by atoms with Gasteiger partial charge in [-0.25, -0.2) is 4.79 Å². The maximum Gasteiger partial charge on any atom is 0.339 e. The predicted octanol–water partition coefficient (Wildman–Crippen LogP) is 2.06. The zero-order valence-corrected chi connectivity index (χ0v) is 11.4. The maximum absolute atomic E-state index is 11.4. The van der Waals surface area contributed by atoms with Crippen molar-refractivity contribution in [2.45, 2.75) is 0 Å². The lowest BCUT2D eigenvalue weighted by molar-refractivity contribution is 0.0602. The summed E-state index contributed by atoms with van der Waals surface area (Å²) >= 11 is 0. The van der Waals surface area contributed by atoms with Crippen LogP contribution in [0.1, 0.15) is 15.9 Å². The third-order valence-electron chi connectivity index (χ3n) is 2.00. The number of carbonyl (C=O) groups is 1. The molecule has 0 fully saturated rings. The third-order valence-corrected chi connectivity index (χ3v) is 2.72. The Morgan fingerprint density at radius 2 is 2.00 bits per heavy atom. The molecule has 0 saturated carbocycles. The van der Waals surface area contributed by atoms with Gasteiger partial charge in [-0.3, -0.25) is 0 Å². The second-order valence-electron chi connectivity index (χ2n) is 4.32. The van der Waals surface area contributed by atoms with E-state index in [1.807, 2.05) is 0 Å². The monoisotopic (exact) mass is 251 g/mol. The fourth-order valence-corrected chi connectivity index (χ4v) is 1.59. The van der Waals surface area contributed by atoms with E-state index in [4.69, 9.17) is 5.73 Å². The van der Waals surface area contributed by atoms with Crippen LogP contribution in [-0.4, -0.2) is 31.8 Å². The minimum Gasteiger partial charge on any atom is -0.465 e. The molecule has 0 aromatic heterocycles. The first-order valence-electron chi connectivity index (χ1n) is 5.03. The maximum atomic E-state index is 11.4. The fourth-order valence-electron chi connectivity index (χ4n) is 1.17. The van der Waals surface area contributed by atoms with Gasteiger partial charge in [0.05, 0.1) is 18.4 Å². The lowest BCUT2D eigenvalue weighted by atomic mass is 10.1. The van der Waals surface area contributed by atoms with E-state index in [1.165, 1.54) is 7.11 Å². The van der Waals surface area contributed by atoms with Crippen molar-refractivity contribution in [3.8, 4) is 11.2 Å². The molecule has 1 rings (SSSR count). The molecule has 0 aliphatic heterocycles. The molecule has 0 spiro atoms. The topological polar surface area (TPSA) is 52.3 Å². The van der Waals surface area contributed by atoms with Crippen molar-refractivity contribution in [1.82, 2.24) is 0 Å². The summed E-state index contributed by atoms with van der Waals surface area (Å²) in [6.07, 6.45) is 6.29. The van der Waals surface area contributed by atoms with Gasteiger partial charge in [-0.2, -0.15) is 10.0 Å². The Balaban J connectivity index is 3.19. The largest absolute Gasteiger partial charge is 0.465 e. The summed E-state index contributed by atoms with van der Waals surface area (Å²) in [6, 6.07) is 5.20. The number of nitrogens with two attached hydrogens (primary N) is 1. The average molecular weight is 251 g/mol. The van der Waals surface area contributed by atoms with Gasteiger partial charge in [0.25, 0.3) is 0 Å². The highest BCUT2D eigenvalue weighted by atomic mass is 32.3. The predicted molar refractivity (Wildman–Crippen MR) is 74.4 cm³/mol. The van der Waals surface area contributed by atoms with Gasteiger partial charge in [0.2, 0.25) is 0 Å². The van der Waals surface area contributed by atoms with Crippen LogP contribution in [0.3, 0.4) is 0 Å². The Hall–Kier alpha value is -1.60. The Morgan fingerprint density at radius 1 is 1.35 bits per heavy atom. The van der Waals surface area contributed by atoms with Crippen molar-refractivity contribution >= 4 is 21.7 Å². The number of rotatable bonds is 1. The van der Waals surface area contributed by atoms with Gasteiger partial charge in [-0.1, -0.05) is 12.0 Å². The van der Waals surface area contributed by atoms with Crippen LogP contribution in [0.25, 0.3) is 0 Å². The number of carbonyl (C=O) groups excluding carboxylic acids is 1. The normalized spacial score (nSPS) is 11.3. The molecule has 0 amide bonds. The van der Waals surface area contributed by atoms with Crippen LogP contribution < -0.4 is 5.73 Å². The Morgan fingerprint density at radius 3 is 2.53 bits per heavy atom. The van der Waals surface area contributed by atoms with Crippen LogP contribution in [0.15, 0.2) is 18.2 Å². The van der Waals surface area contributed by atoms with Gasteiger partial charge < -0.3 is 10.5 Å². The van der Waals surface area contributed by atoms with Crippen LogP contribution in [-0.2, 0) is 4.74 Å². The van der Waals surface area contributed by atoms with E-state index in [9.17, 15) is 4.79 Å². The number of hydrogen-bond donors (Lipinski definition) is 1. The summed E-state index contributed by atoms with van der Waals surface area (Å²) < 4.78 is 4.66. The zero-order chi connectivity index (χ0) is 13.1. The third kappa shape index (κ3) is 3.72. The quantitative estimate of drug-likeness (QED) is 0.472. The molecular formula is C13H17NO2S. The Kier molecular flexibility index (Phi) is 4.08. The van der Waals surface area contributed by atoms with E-state index >= 15 is 0 Å². The summed E-state index contributed by atoms with van der Waals surface area (Å²) in [6.45, 7) is 0. The number of nitrogen functional groups attached to an aromatic ring is 1. The molecule has 0 aliphatic carbocycles. The molecule has 0 saturated heterocycles. The molecule has 0 bridgehead atoms. The van der Waals surface area contributed by atoms with E-state index in [-0.39, 0.29) is 0 Å². The molecular weight excluding hydrogens is 234 g/mol. The van der Waals surface area contributed by atoms with Crippen LogP contribution in [0.2, 0.25) is 0 Å². The number of ether oxygens (including phenoxy) is 1. The van der Waals surface area contributed by atoms with Crippen molar-refractivity contribution in [2.75, 3.05) is 31.6 Å². The molecule has 3 nitrogen and oxygen atoms in total. The lowest BCUT2D eigenvalue weighted by Crippen LogP contribution is -2.06. The summed E-state index contributed by atoms with van der Waals surface area (Å²) in [4.78, 5) is 11.4. The van der Waals surface area contributed by atoms with Crippen LogP contribution in [0, 0.1) is 11.2 Å². The number of methoxy groups -OCH3 is 1. The van der Waals surface area contributed by atoms with Crippen molar-refractivity contribution < 1.29 is 9.53 Å². The standard InChI is InChI=1S/C13H17NO2S/c1-16-13(15)11-7-5-6-10(12(11)14)8-9-17(2,3)4/h5-7H,14H2,1-4H3. The minimum absolute atomic E-state index is 0.364. The van der Waals surface area contributed by atoms with Crippen molar-refractivity contribution in [3.05, 3.63) is 29.3 Å². The number of esters is 1. The highest BCUT2D eigenvalue weighted by molar-refractivity contribution is 8.35. The molecule has 0 radical (unpaired) electrons. The fraction of sp³-hybridized carbons (Fsp3) is 0.308. The molecule has 92 valence electrons. The first-order chi connectivity index (χ1) is 7.85. The molecule has 0 heterocycles. The molecule has 0 atom stereocenters. The Labute approximate surface area is 104 Å². The number of hydrogen-bond acceptors (Lipinski definition) is 3. The highest BCUT2D eigenvalue weighted by Gasteiger charge is 2.11. The molecule has 0 unspecified atom stereocenters. The van der Waals surface area contributed by atoms with E-state index in [0.29, 0.717) is 16.8 Å². The molecule has 4 heteroatoms. The molecule has 2 N–H and O–H groups in total. The second kappa shape index (κ2) is 5.15. The van der Waals surface area contributed by atoms with Gasteiger partial charge in [-0.05, 0) is 36.2 Å². The van der Waals surface area contributed by atoms with E-state index in [1.54, 1.807) is 18.2 Å². The summed E-state index contributed by atoms with van der Waals surface area (Å²) in [5.74, 6) is 2.59. The number of para-hydroxylation sites is 1. The second-order valence-corrected chi connectivity index (χ2v) is 8.20. The number of benzene rings is 1. The van der Waals surface area contributed by atoms with Crippen molar-refractivity contribution in [2.24, 2.45) is 0 Å². The van der Waals surface area contributed by atoms with Crippen molar-refractivity contribution in [1.29, 1.82) is 0 Å². The summed E-state index contributed by atoms with van der Waals surface area (Å²) in [7, 11) is 0.422. The van der Waals surface area contributed by atoms with Gasteiger partial charge in [0.1, 0.15) is 0 Å². The molecule has 17 heavy (non-hydrogen) atoms. The SMILES string of the molecule is COC(=O)c1cccc(C#CS(C)(C)C)c1N. The van der Waals surface area contributed by atoms with E-state index in [0.717, 1.165) is 0 Å². The molecule has 1 aromatic rings. The minimum atomic E-state index is -0.911. The molecule has 1 aromatic carbocycles. The highest BCUT2D eigenvalue weighted by Crippen LogP contribution is 2.32. The average Bonchev–Trinajstić information content (AvgIpc) is 2.25. The van der Waals surface area contributed by atoms with E-state index in [2.05, 4.69) is 34.7 Å². The number of anilines is 1. The first-order valence-corrected chi connectivity index (χ1v) is 7.89. The smallest absolute Gasteiger partial charge is 0.339 e. The van der Waals surface area contributed by atoms with Gasteiger partial charge >= 0.3 is 5.97 Å². The van der Waals surface area contributed by atoms with Crippen molar-refractivity contribution in [3.63, 3.8) is 0 Å². The van der Waals surface area contributed by atoms with Gasteiger partial charge in [0.15, 0.2) is 0 Å².